The molecular formula is C16H19NO. The van der Waals surface area contributed by atoms with E-state index in [1.165, 1.54) is 5.56 Å². The van der Waals surface area contributed by atoms with E-state index in [1.807, 2.05) is 18.2 Å². The van der Waals surface area contributed by atoms with Gasteiger partial charge in [0.05, 0.1) is 11.7 Å². The number of rotatable bonds is 1. The maximum Gasteiger partial charge on any atom is 0.112 e. The monoisotopic (exact) mass is 241 g/mol. The van der Waals surface area contributed by atoms with E-state index in [4.69, 9.17) is 0 Å². The summed E-state index contributed by atoms with van der Waals surface area (Å²) in [4.78, 5) is 0. The van der Waals surface area contributed by atoms with Gasteiger partial charge in [0.25, 0.3) is 0 Å². The number of nitriles is 1. The molecule has 0 aromatic heterocycles. The van der Waals surface area contributed by atoms with Crippen LogP contribution in [0.25, 0.3) is 0 Å². The van der Waals surface area contributed by atoms with Gasteiger partial charge in [0.15, 0.2) is 0 Å². The van der Waals surface area contributed by atoms with Crippen LogP contribution in [0.3, 0.4) is 0 Å². The predicted octanol–water partition coefficient (Wildman–Crippen LogP) is 2.95. The normalized spacial score (nSPS) is 38.4. The highest BCUT2D eigenvalue weighted by Crippen LogP contribution is 2.54. The van der Waals surface area contributed by atoms with Crippen molar-refractivity contribution in [2.75, 3.05) is 0 Å². The molecule has 1 aromatic rings. The van der Waals surface area contributed by atoms with Crippen molar-refractivity contribution in [3.05, 3.63) is 35.4 Å². The molecule has 3 atom stereocenters. The number of nitrogens with zero attached hydrogens (tertiary/aromatic N) is 1. The molecule has 2 aliphatic carbocycles. The number of benzene rings is 1. The Balaban J connectivity index is 2.17. The van der Waals surface area contributed by atoms with Crippen molar-refractivity contribution in [1.29, 1.82) is 5.26 Å². The molecule has 1 aromatic carbocycles. The first kappa shape index (κ1) is 11.7. The van der Waals surface area contributed by atoms with E-state index >= 15 is 0 Å². The summed E-state index contributed by atoms with van der Waals surface area (Å²) in [6.45, 7) is 2.09. The van der Waals surface area contributed by atoms with Crippen LogP contribution in [-0.2, 0) is 11.8 Å². The Hall–Kier alpha value is -1.33. The summed E-state index contributed by atoms with van der Waals surface area (Å²) < 4.78 is 0. The lowest BCUT2D eigenvalue weighted by molar-refractivity contribution is -0.0446. The highest BCUT2D eigenvalue weighted by molar-refractivity contribution is 5.48. The minimum absolute atomic E-state index is 0.211. The van der Waals surface area contributed by atoms with Gasteiger partial charge in [-0.2, -0.15) is 5.26 Å². The third kappa shape index (κ3) is 1.26. The molecule has 2 heteroatoms. The van der Waals surface area contributed by atoms with E-state index in [2.05, 4.69) is 19.1 Å². The molecule has 18 heavy (non-hydrogen) atoms. The molecule has 94 valence electrons. The van der Waals surface area contributed by atoms with Crippen molar-refractivity contribution in [2.24, 2.45) is 5.92 Å². The Morgan fingerprint density at radius 2 is 2.11 bits per heavy atom. The summed E-state index contributed by atoms with van der Waals surface area (Å²) in [6.07, 6.45) is 4.50. The zero-order valence-corrected chi connectivity index (χ0v) is 10.8. The average molecular weight is 241 g/mol. The fraction of sp³-hybridized carbons (Fsp3) is 0.562. The molecule has 1 fully saturated rings. The number of aryl methyl sites for hydroxylation is 1. The number of hydrogen-bond donors (Lipinski definition) is 1. The molecule has 1 N–H and O–H groups in total. The molecular weight excluding hydrogens is 222 g/mol. The van der Waals surface area contributed by atoms with E-state index in [0.29, 0.717) is 0 Å². The van der Waals surface area contributed by atoms with E-state index in [0.717, 1.165) is 37.7 Å². The summed E-state index contributed by atoms with van der Waals surface area (Å²) in [7, 11) is 0. The third-order valence-corrected chi connectivity index (χ3v) is 5.19. The van der Waals surface area contributed by atoms with Crippen LogP contribution in [0.5, 0.6) is 0 Å². The number of fused-ring (bicyclic) bond motifs is 1. The van der Waals surface area contributed by atoms with Crippen molar-refractivity contribution >= 4 is 0 Å². The van der Waals surface area contributed by atoms with Crippen LogP contribution in [0, 0.1) is 17.2 Å². The summed E-state index contributed by atoms with van der Waals surface area (Å²) >= 11 is 0. The van der Waals surface area contributed by atoms with Crippen LogP contribution in [0.15, 0.2) is 24.3 Å². The molecule has 0 radical (unpaired) electrons. The Morgan fingerprint density at radius 1 is 1.33 bits per heavy atom. The van der Waals surface area contributed by atoms with Crippen LogP contribution in [0.1, 0.15) is 43.7 Å². The summed E-state index contributed by atoms with van der Waals surface area (Å²) in [5, 5.41) is 20.9. The minimum atomic E-state index is -0.839. The van der Waals surface area contributed by atoms with E-state index < -0.39 is 11.0 Å². The molecule has 2 nitrogen and oxygen atoms in total. The molecule has 0 amide bonds. The fourth-order valence-corrected chi connectivity index (χ4v) is 4.07. The maximum atomic E-state index is 11.1. The molecule has 0 saturated heterocycles. The smallest absolute Gasteiger partial charge is 0.112 e. The van der Waals surface area contributed by atoms with Gasteiger partial charge in [0.2, 0.25) is 0 Å². The minimum Gasteiger partial charge on any atom is -0.388 e. The third-order valence-electron chi connectivity index (χ3n) is 5.19. The molecule has 3 unspecified atom stereocenters. The van der Waals surface area contributed by atoms with Crippen molar-refractivity contribution in [3.8, 4) is 6.07 Å². The Bertz CT molecular complexity index is 518. The van der Waals surface area contributed by atoms with Gasteiger partial charge in [0, 0.05) is 0 Å². The molecule has 1 saturated carbocycles. The second kappa shape index (κ2) is 3.83. The molecule has 0 aliphatic heterocycles. The van der Waals surface area contributed by atoms with Crippen LogP contribution in [0.2, 0.25) is 0 Å². The zero-order valence-electron chi connectivity index (χ0n) is 10.8. The Kier molecular flexibility index (Phi) is 2.50. The van der Waals surface area contributed by atoms with Crippen molar-refractivity contribution in [1.82, 2.24) is 0 Å². The molecule has 0 heterocycles. The van der Waals surface area contributed by atoms with Gasteiger partial charge in [-0.3, -0.25) is 0 Å². The SMILES string of the molecule is CC1CCCC1(O)C1(C#N)CCc2ccccc21. The second-order valence-corrected chi connectivity index (χ2v) is 5.89. The lowest BCUT2D eigenvalue weighted by Crippen LogP contribution is -2.51. The van der Waals surface area contributed by atoms with Crippen molar-refractivity contribution in [2.45, 2.75) is 50.0 Å². The summed E-state index contributed by atoms with van der Waals surface area (Å²) in [5.74, 6) is 0.211. The predicted molar refractivity (Wildman–Crippen MR) is 70.0 cm³/mol. The van der Waals surface area contributed by atoms with Crippen LogP contribution in [0.4, 0.5) is 0 Å². The standard InChI is InChI=1S/C16H19NO/c1-12-5-4-9-16(12,18)15(11-17)10-8-13-6-2-3-7-14(13)15/h2-3,6-7,12,18H,4-5,8-10H2,1H3. The van der Waals surface area contributed by atoms with Gasteiger partial charge in [-0.15, -0.1) is 0 Å². The first-order chi connectivity index (χ1) is 8.64. The molecule has 0 bridgehead atoms. The van der Waals surface area contributed by atoms with Crippen molar-refractivity contribution in [3.63, 3.8) is 0 Å². The lowest BCUT2D eigenvalue weighted by Gasteiger charge is -2.41. The largest absolute Gasteiger partial charge is 0.388 e. The Labute approximate surface area is 108 Å². The van der Waals surface area contributed by atoms with Gasteiger partial charge in [-0.05, 0) is 42.7 Å². The maximum absolute atomic E-state index is 11.1. The van der Waals surface area contributed by atoms with E-state index in [1.54, 1.807) is 0 Å². The number of hydrogen-bond acceptors (Lipinski definition) is 2. The van der Waals surface area contributed by atoms with Crippen molar-refractivity contribution < 1.29 is 5.11 Å². The van der Waals surface area contributed by atoms with Gasteiger partial charge < -0.3 is 5.11 Å². The van der Waals surface area contributed by atoms with Gasteiger partial charge in [-0.25, -0.2) is 0 Å². The molecule has 0 spiro atoms. The average Bonchev–Trinajstić information content (AvgIpc) is 2.93. The molecule has 2 aliphatic rings. The van der Waals surface area contributed by atoms with Gasteiger partial charge >= 0.3 is 0 Å². The highest BCUT2D eigenvalue weighted by atomic mass is 16.3. The van der Waals surface area contributed by atoms with Crippen LogP contribution >= 0.6 is 0 Å². The van der Waals surface area contributed by atoms with E-state index in [9.17, 15) is 10.4 Å². The highest BCUT2D eigenvalue weighted by Gasteiger charge is 2.58. The molecule has 3 rings (SSSR count). The fourth-order valence-electron chi connectivity index (χ4n) is 4.07. The Morgan fingerprint density at radius 3 is 2.78 bits per heavy atom. The number of aliphatic hydroxyl groups is 1. The zero-order chi connectivity index (χ0) is 12.8. The second-order valence-electron chi connectivity index (χ2n) is 5.89. The van der Waals surface area contributed by atoms with Crippen LogP contribution in [-0.4, -0.2) is 10.7 Å². The van der Waals surface area contributed by atoms with E-state index in [-0.39, 0.29) is 5.92 Å². The lowest BCUT2D eigenvalue weighted by atomic mass is 9.64. The quantitative estimate of drug-likeness (QED) is 0.821. The summed E-state index contributed by atoms with van der Waals surface area (Å²) in [6, 6.07) is 10.6. The van der Waals surface area contributed by atoms with Crippen LogP contribution < -0.4 is 0 Å². The first-order valence-electron chi connectivity index (χ1n) is 6.86. The first-order valence-corrected chi connectivity index (χ1v) is 6.86. The summed E-state index contributed by atoms with van der Waals surface area (Å²) in [5.41, 5.74) is 0.795. The van der Waals surface area contributed by atoms with Gasteiger partial charge in [-0.1, -0.05) is 37.6 Å². The topological polar surface area (TPSA) is 44.0 Å². The van der Waals surface area contributed by atoms with Gasteiger partial charge in [0.1, 0.15) is 5.41 Å².